The topological polar surface area (TPSA) is 96.7 Å². The number of thiophene rings is 1. The number of anilines is 2. The number of carbonyl (C=O) groups is 2. The van der Waals surface area contributed by atoms with Gasteiger partial charge in [-0.3, -0.25) is 19.3 Å². The number of thiazole rings is 1. The van der Waals surface area contributed by atoms with E-state index < -0.39 is 11.5 Å². The molecule has 1 aliphatic heterocycles. The number of hydrogen-bond acceptors (Lipinski definition) is 7. The van der Waals surface area contributed by atoms with Gasteiger partial charge in [-0.25, -0.2) is 0 Å². The van der Waals surface area contributed by atoms with Gasteiger partial charge in [-0.15, -0.1) is 16.4 Å². The Labute approximate surface area is 200 Å². The molecule has 166 valence electrons. The van der Waals surface area contributed by atoms with Crippen molar-refractivity contribution < 1.29 is 9.59 Å². The van der Waals surface area contributed by atoms with Crippen molar-refractivity contribution >= 4 is 56.4 Å². The van der Waals surface area contributed by atoms with E-state index >= 15 is 0 Å². The first-order chi connectivity index (χ1) is 16.6. The summed E-state index contributed by atoms with van der Waals surface area (Å²) in [5.74, 6) is -0.252. The highest BCUT2D eigenvalue weighted by Crippen LogP contribution is 2.35. The van der Waals surface area contributed by atoms with Crippen molar-refractivity contribution in [3.05, 3.63) is 92.6 Å². The minimum absolute atomic E-state index is 0.175. The Morgan fingerprint density at radius 1 is 0.971 bits per heavy atom. The zero-order chi connectivity index (χ0) is 23.2. The van der Waals surface area contributed by atoms with Crippen LogP contribution in [-0.4, -0.2) is 33.0 Å². The molecule has 4 heterocycles. The quantitative estimate of drug-likeness (QED) is 0.422. The number of nitrogens with zero attached hydrogens (tertiary/aromatic N) is 4. The summed E-state index contributed by atoms with van der Waals surface area (Å²) in [5, 5.41) is 9.07. The van der Waals surface area contributed by atoms with Crippen LogP contribution in [0.25, 0.3) is 21.2 Å². The third kappa shape index (κ3) is 3.31. The maximum absolute atomic E-state index is 13.5. The molecule has 8 nitrogen and oxygen atoms in total. The lowest BCUT2D eigenvalue weighted by Crippen LogP contribution is -2.37. The molecular weight excluding hydrogens is 470 g/mol. The van der Waals surface area contributed by atoms with Gasteiger partial charge >= 0.3 is 0 Å². The maximum Gasteiger partial charge on any atom is 0.291 e. The van der Waals surface area contributed by atoms with Crippen molar-refractivity contribution in [3.8, 4) is 10.7 Å². The van der Waals surface area contributed by atoms with Gasteiger partial charge < -0.3 is 5.32 Å². The highest BCUT2D eigenvalue weighted by molar-refractivity contribution is 7.15. The van der Waals surface area contributed by atoms with Gasteiger partial charge in [0.1, 0.15) is 11.1 Å². The van der Waals surface area contributed by atoms with Crippen LogP contribution in [0.15, 0.2) is 76.9 Å². The van der Waals surface area contributed by atoms with Crippen LogP contribution in [0.3, 0.4) is 0 Å². The van der Waals surface area contributed by atoms with E-state index in [1.807, 2.05) is 35.7 Å². The summed E-state index contributed by atoms with van der Waals surface area (Å²) < 4.78 is 1.50. The molecule has 0 atom stereocenters. The van der Waals surface area contributed by atoms with E-state index in [0.29, 0.717) is 27.7 Å². The number of fused-ring (bicyclic) bond motifs is 2. The number of para-hydroxylation sites is 2. The monoisotopic (exact) mass is 485 g/mol. The fourth-order valence-electron chi connectivity index (χ4n) is 3.92. The van der Waals surface area contributed by atoms with Crippen LogP contribution in [0.5, 0.6) is 0 Å². The predicted octanol–water partition coefficient (Wildman–Crippen LogP) is 2.78. The van der Waals surface area contributed by atoms with Crippen LogP contribution in [0.1, 0.15) is 5.56 Å². The van der Waals surface area contributed by atoms with Gasteiger partial charge in [0.2, 0.25) is 10.9 Å². The zero-order valence-corrected chi connectivity index (χ0v) is 19.1. The molecule has 0 unspecified atom stereocenters. The lowest BCUT2D eigenvalue weighted by Gasteiger charge is -2.16. The third-order valence-electron chi connectivity index (χ3n) is 5.41. The van der Waals surface area contributed by atoms with E-state index in [9.17, 15) is 14.4 Å². The second kappa shape index (κ2) is 8.01. The van der Waals surface area contributed by atoms with Crippen molar-refractivity contribution in [2.45, 2.75) is 0 Å². The van der Waals surface area contributed by atoms with Crippen LogP contribution in [0.4, 0.5) is 11.4 Å². The number of aromatic nitrogens is 3. The van der Waals surface area contributed by atoms with Gasteiger partial charge in [0.15, 0.2) is 5.82 Å². The van der Waals surface area contributed by atoms with Crippen LogP contribution in [-0.2, 0) is 9.59 Å². The molecule has 34 heavy (non-hydrogen) atoms. The predicted molar refractivity (Wildman–Crippen MR) is 132 cm³/mol. The van der Waals surface area contributed by atoms with Crippen molar-refractivity contribution in [1.29, 1.82) is 0 Å². The van der Waals surface area contributed by atoms with Crippen molar-refractivity contribution in [1.82, 2.24) is 14.6 Å². The fraction of sp³-hybridized carbons (Fsp3) is 0.0417. The van der Waals surface area contributed by atoms with E-state index in [4.69, 9.17) is 0 Å². The van der Waals surface area contributed by atoms with Gasteiger partial charge in [-0.1, -0.05) is 53.8 Å². The summed E-state index contributed by atoms with van der Waals surface area (Å²) in [4.78, 5) is 46.6. The lowest BCUT2D eigenvalue weighted by atomic mass is 10.1. The van der Waals surface area contributed by atoms with Gasteiger partial charge in [-0.2, -0.15) is 9.50 Å². The Kier molecular flexibility index (Phi) is 4.82. The summed E-state index contributed by atoms with van der Waals surface area (Å²) in [5.41, 5.74) is 1.71. The van der Waals surface area contributed by atoms with Crippen LogP contribution >= 0.6 is 22.7 Å². The number of rotatable bonds is 4. The van der Waals surface area contributed by atoms with E-state index in [1.165, 1.54) is 20.8 Å². The van der Waals surface area contributed by atoms with Gasteiger partial charge in [0.25, 0.3) is 11.5 Å². The van der Waals surface area contributed by atoms with Gasteiger partial charge in [0.05, 0.1) is 16.1 Å². The van der Waals surface area contributed by atoms with Crippen molar-refractivity contribution in [3.63, 3.8) is 0 Å². The molecule has 5 aromatic rings. The van der Waals surface area contributed by atoms with Crippen molar-refractivity contribution in [2.75, 3.05) is 16.8 Å². The number of amides is 2. The Morgan fingerprint density at radius 2 is 1.76 bits per heavy atom. The number of carbonyl (C=O) groups excluding carboxylic acids is 2. The average Bonchev–Trinajstić information content (AvgIpc) is 3.61. The van der Waals surface area contributed by atoms with Gasteiger partial charge in [-0.05, 0) is 29.6 Å². The van der Waals surface area contributed by atoms with Crippen molar-refractivity contribution in [2.24, 2.45) is 0 Å². The minimum Gasteiger partial charge on any atom is -0.325 e. The second-order valence-corrected chi connectivity index (χ2v) is 9.47. The summed E-state index contributed by atoms with van der Waals surface area (Å²) in [6, 6.07) is 20.0. The summed E-state index contributed by atoms with van der Waals surface area (Å²) in [6.45, 7) is -0.175. The maximum atomic E-state index is 13.5. The molecule has 1 aliphatic rings. The lowest BCUT2D eigenvalue weighted by molar-refractivity contribution is -0.118. The number of nitrogens with one attached hydrogen (secondary N) is 1. The molecule has 0 saturated heterocycles. The largest absolute Gasteiger partial charge is 0.325 e. The van der Waals surface area contributed by atoms with E-state index in [2.05, 4.69) is 15.4 Å². The summed E-state index contributed by atoms with van der Waals surface area (Å²) in [6.07, 6.45) is 0. The Hall–Kier alpha value is -4.15. The van der Waals surface area contributed by atoms with Gasteiger partial charge in [0, 0.05) is 11.3 Å². The fourth-order valence-corrected chi connectivity index (χ4v) is 5.57. The number of benzene rings is 2. The highest BCUT2D eigenvalue weighted by atomic mass is 32.1. The molecule has 1 N–H and O–H groups in total. The average molecular weight is 486 g/mol. The Morgan fingerprint density at radius 3 is 2.53 bits per heavy atom. The molecule has 6 rings (SSSR count). The summed E-state index contributed by atoms with van der Waals surface area (Å²) >= 11 is 2.61. The molecule has 10 heteroatoms. The molecule has 0 fully saturated rings. The first-order valence-corrected chi connectivity index (χ1v) is 12.0. The van der Waals surface area contributed by atoms with E-state index in [1.54, 1.807) is 36.4 Å². The first kappa shape index (κ1) is 20.5. The third-order valence-corrected chi connectivity index (χ3v) is 7.30. The molecule has 0 radical (unpaired) electrons. The van der Waals surface area contributed by atoms with E-state index in [-0.39, 0.29) is 22.6 Å². The van der Waals surface area contributed by atoms with Crippen LogP contribution < -0.4 is 20.3 Å². The summed E-state index contributed by atoms with van der Waals surface area (Å²) in [7, 11) is 0. The Balaban J connectivity index is 1.41. The molecule has 3 aromatic heterocycles. The smallest absolute Gasteiger partial charge is 0.291 e. The highest BCUT2D eigenvalue weighted by Gasteiger charge is 2.35. The van der Waals surface area contributed by atoms with Crippen LogP contribution in [0, 0.1) is 0 Å². The number of hydrogen-bond donors (Lipinski definition) is 1. The molecular formula is C24H15N5O3S2. The first-order valence-electron chi connectivity index (χ1n) is 10.3. The molecule has 2 amide bonds. The Bertz CT molecular complexity index is 1670. The minimum atomic E-state index is -0.399. The molecule has 0 spiro atoms. The van der Waals surface area contributed by atoms with Crippen LogP contribution in [0.2, 0.25) is 0 Å². The SMILES string of the molecule is O=C(CN1C(=O)C(=c2sc3nc(-c4cccs4)nn3c2=O)c2ccccc21)Nc1ccccc1. The zero-order valence-electron chi connectivity index (χ0n) is 17.5. The van der Waals surface area contributed by atoms with E-state index in [0.717, 1.165) is 16.2 Å². The molecule has 0 aliphatic carbocycles. The molecule has 0 saturated carbocycles. The standard InChI is InChI=1S/C24H15N5O3S2/c30-18(25-14-7-2-1-3-8-14)13-28-16-10-5-4-9-15(16)19(22(28)31)20-23(32)29-24(34-20)26-21(27-29)17-11-6-12-33-17/h1-12H,13H2,(H,25,30). The second-order valence-electron chi connectivity index (χ2n) is 7.54. The normalized spacial score (nSPS) is 14.6. The molecule has 2 aromatic carbocycles. The molecule has 0 bridgehead atoms.